The number of hydrogen-bond donors (Lipinski definition) is 1. The fourth-order valence-corrected chi connectivity index (χ4v) is 3.52. The number of fused-ring (bicyclic) bond motifs is 1. The van der Waals surface area contributed by atoms with Gasteiger partial charge < -0.3 is 5.73 Å². The van der Waals surface area contributed by atoms with E-state index in [0.717, 1.165) is 23.5 Å². The van der Waals surface area contributed by atoms with Crippen LogP contribution < -0.4 is 5.73 Å². The molecule has 1 fully saturated rings. The molecule has 3 aliphatic rings. The molecule has 0 bridgehead atoms. The first-order valence-electron chi connectivity index (χ1n) is 7.55. The summed E-state index contributed by atoms with van der Waals surface area (Å²) in [5.74, 6) is 0.919. The first kappa shape index (κ1) is 12.1. The summed E-state index contributed by atoms with van der Waals surface area (Å²) in [6, 6.07) is 6.46. The van der Waals surface area contributed by atoms with Crippen molar-refractivity contribution in [1.29, 1.82) is 0 Å². The molecule has 0 heterocycles. The van der Waals surface area contributed by atoms with Crippen molar-refractivity contribution >= 4 is 5.78 Å². The van der Waals surface area contributed by atoms with E-state index in [0.29, 0.717) is 6.42 Å². The number of nitrogens with two attached hydrogens (primary N) is 1. The Kier molecular flexibility index (Phi) is 2.67. The molecule has 1 aromatic rings. The topological polar surface area (TPSA) is 43.1 Å². The van der Waals surface area contributed by atoms with E-state index in [2.05, 4.69) is 18.2 Å². The smallest absolute Gasteiger partial charge is 0.189 e. The maximum Gasteiger partial charge on any atom is 0.189 e. The van der Waals surface area contributed by atoms with Crippen molar-refractivity contribution in [3.05, 3.63) is 58.2 Å². The Morgan fingerprint density at radius 1 is 1.20 bits per heavy atom. The van der Waals surface area contributed by atoms with E-state index in [1.807, 2.05) is 12.1 Å². The number of benzene rings is 1. The summed E-state index contributed by atoms with van der Waals surface area (Å²) in [4.78, 5) is 12.6. The van der Waals surface area contributed by atoms with Gasteiger partial charge in [0.25, 0.3) is 0 Å². The minimum atomic E-state index is -0.00602. The van der Waals surface area contributed by atoms with E-state index in [4.69, 9.17) is 5.73 Å². The van der Waals surface area contributed by atoms with Gasteiger partial charge >= 0.3 is 0 Å². The van der Waals surface area contributed by atoms with Gasteiger partial charge in [-0.25, -0.2) is 0 Å². The first-order chi connectivity index (χ1) is 9.72. The molecular weight excluding hydrogens is 246 g/mol. The third-order valence-electron chi connectivity index (χ3n) is 4.98. The Morgan fingerprint density at radius 2 is 2.05 bits per heavy atom. The summed E-state index contributed by atoms with van der Waals surface area (Å²) in [7, 11) is 0. The lowest BCUT2D eigenvalue weighted by molar-refractivity contribution is 0.102. The molecule has 1 atom stereocenters. The molecule has 2 nitrogen and oxygen atoms in total. The van der Waals surface area contributed by atoms with Gasteiger partial charge in [-0.3, -0.25) is 4.79 Å². The van der Waals surface area contributed by atoms with Crippen LogP contribution in [-0.4, -0.2) is 11.8 Å². The quantitative estimate of drug-likeness (QED) is 0.846. The average Bonchev–Trinajstić information content (AvgIpc) is 2.38. The molecule has 4 rings (SSSR count). The fourth-order valence-electron chi connectivity index (χ4n) is 3.52. The van der Waals surface area contributed by atoms with E-state index in [9.17, 15) is 4.79 Å². The number of Topliss-reactive ketones (excluding diaryl/α,β-unsaturated/α-hetero) is 1. The standard InChI is InChI=1S/C18H19NO/c19-15-6-4-13-9-14-8-12(11-2-1-3-11)5-7-16(14)18(20)17(13)10-15/h4-8,11,15H,1-3,9-10,19H2. The van der Waals surface area contributed by atoms with E-state index in [1.165, 1.54) is 36.0 Å². The predicted octanol–water partition coefficient (Wildman–Crippen LogP) is 3.28. The molecule has 2 N–H and O–H groups in total. The van der Waals surface area contributed by atoms with Crippen LogP contribution in [0.4, 0.5) is 0 Å². The van der Waals surface area contributed by atoms with Crippen LogP contribution >= 0.6 is 0 Å². The molecule has 102 valence electrons. The Balaban J connectivity index is 1.73. The molecule has 0 radical (unpaired) electrons. The van der Waals surface area contributed by atoms with Crippen LogP contribution in [0.5, 0.6) is 0 Å². The van der Waals surface area contributed by atoms with Gasteiger partial charge in [0.1, 0.15) is 0 Å². The van der Waals surface area contributed by atoms with Gasteiger partial charge in [0.15, 0.2) is 5.78 Å². The zero-order valence-electron chi connectivity index (χ0n) is 11.6. The number of hydrogen-bond acceptors (Lipinski definition) is 2. The van der Waals surface area contributed by atoms with Crippen molar-refractivity contribution in [3.8, 4) is 0 Å². The van der Waals surface area contributed by atoms with Gasteiger partial charge in [-0.05, 0) is 48.3 Å². The number of carbonyl (C=O) groups excluding carboxylic acids is 1. The third-order valence-corrected chi connectivity index (χ3v) is 4.98. The van der Waals surface area contributed by atoms with Crippen molar-refractivity contribution in [1.82, 2.24) is 0 Å². The Hall–Kier alpha value is -1.67. The molecule has 1 unspecified atom stereocenters. The van der Waals surface area contributed by atoms with Gasteiger partial charge in [0.05, 0.1) is 0 Å². The van der Waals surface area contributed by atoms with Gasteiger partial charge in [-0.1, -0.05) is 36.8 Å². The molecule has 0 amide bonds. The lowest BCUT2D eigenvalue weighted by Crippen LogP contribution is -2.27. The molecule has 0 saturated heterocycles. The highest BCUT2D eigenvalue weighted by Crippen LogP contribution is 2.39. The van der Waals surface area contributed by atoms with Gasteiger partial charge in [-0.2, -0.15) is 0 Å². The number of allylic oxidation sites excluding steroid dienone is 2. The molecule has 2 heteroatoms. The first-order valence-corrected chi connectivity index (χ1v) is 7.55. The lowest BCUT2D eigenvalue weighted by atomic mass is 9.75. The third kappa shape index (κ3) is 1.79. The maximum absolute atomic E-state index is 12.6. The van der Waals surface area contributed by atoms with E-state index in [1.54, 1.807) is 0 Å². The Labute approximate surface area is 119 Å². The zero-order chi connectivity index (χ0) is 13.7. The maximum atomic E-state index is 12.6. The van der Waals surface area contributed by atoms with Crippen LogP contribution in [-0.2, 0) is 6.42 Å². The lowest BCUT2D eigenvalue weighted by Gasteiger charge is -2.29. The van der Waals surface area contributed by atoms with Gasteiger partial charge in [0, 0.05) is 17.2 Å². The predicted molar refractivity (Wildman–Crippen MR) is 79.8 cm³/mol. The van der Waals surface area contributed by atoms with Gasteiger partial charge in [0.2, 0.25) is 0 Å². The van der Waals surface area contributed by atoms with Crippen LogP contribution in [0.15, 0.2) is 41.5 Å². The summed E-state index contributed by atoms with van der Waals surface area (Å²) in [6.45, 7) is 0. The Bertz CT molecular complexity index is 649. The number of ketones is 1. The molecule has 20 heavy (non-hydrogen) atoms. The summed E-state index contributed by atoms with van der Waals surface area (Å²) < 4.78 is 0. The van der Waals surface area contributed by atoms with E-state index < -0.39 is 0 Å². The highest BCUT2D eigenvalue weighted by Gasteiger charge is 2.29. The Morgan fingerprint density at radius 3 is 2.80 bits per heavy atom. The molecule has 1 aromatic carbocycles. The van der Waals surface area contributed by atoms with Crippen LogP contribution in [0.25, 0.3) is 0 Å². The molecule has 0 spiro atoms. The monoisotopic (exact) mass is 265 g/mol. The minimum absolute atomic E-state index is 0.00602. The SMILES string of the molecule is NC1C=CC2=C(C1)C(=O)c1ccc(C3CCC3)cc1C2. The second-order valence-electron chi connectivity index (χ2n) is 6.28. The largest absolute Gasteiger partial charge is 0.324 e. The number of carbonyl (C=O) groups is 1. The van der Waals surface area contributed by atoms with Crippen molar-refractivity contribution in [2.75, 3.05) is 0 Å². The minimum Gasteiger partial charge on any atom is -0.324 e. The second kappa shape index (κ2) is 4.42. The number of rotatable bonds is 1. The van der Waals surface area contributed by atoms with E-state index in [-0.39, 0.29) is 11.8 Å². The van der Waals surface area contributed by atoms with Crippen LogP contribution in [0.1, 0.15) is 53.1 Å². The molecular formula is C18H19NO. The summed E-state index contributed by atoms with van der Waals surface area (Å²) in [6.07, 6.45) is 9.60. The molecule has 0 aliphatic heterocycles. The van der Waals surface area contributed by atoms with Crippen molar-refractivity contribution in [2.45, 2.75) is 44.1 Å². The highest BCUT2D eigenvalue weighted by molar-refractivity contribution is 6.12. The molecule has 0 aromatic heterocycles. The second-order valence-corrected chi connectivity index (χ2v) is 6.28. The fraction of sp³-hybridized carbons (Fsp3) is 0.389. The molecule has 3 aliphatic carbocycles. The van der Waals surface area contributed by atoms with Crippen LogP contribution in [0.2, 0.25) is 0 Å². The van der Waals surface area contributed by atoms with Crippen LogP contribution in [0, 0.1) is 0 Å². The zero-order valence-corrected chi connectivity index (χ0v) is 11.6. The van der Waals surface area contributed by atoms with Crippen molar-refractivity contribution < 1.29 is 4.79 Å². The molecule has 1 saturated carbocycles. The summed E-state index contributed by atoms with van der Waals surface area (Å²) in [5.41, 5.74) is 11.6. The van der Waals surface area contributed by atoms with E-state index >= 15 is 0 Å². The van der Waals surface area contributed by atoms with Crippen molar-refractivity contribution in [2.24, 2.45) is 5.73 Å². The normalized spacial score (nSPS) is 25.2. The van der Waals surface area contributed by atoms with Crippen LogP contribution in [0.3, 0.4) is 0 Å². The summed E-state index contributed by atoms with van der Waals surface area (Å²) >= 11 is 0. The highest BCUT2D eigenvalue weighted by atomic mass is 16.1. The summed E-state index contributed by atoms with van der Waals surface area (Å²) in [5, 5.41) is 0. The van der Waals surface area contributed by atoms with Gasteiger partial charge in [-0.15, -0.1) is 0 Å². The average molecular weight is 265 g/mol. The van der Waals surface area contributed by atoms with Crippen molar-refractivity contribution in [3.63, 3.8) is 0 Å².